The van der Waals surface area contributed by atoms with Crippen molar-refractivity contribution in [2.75, 3.05) is 0 Å². The Morgan fingerprint density at radius 2 is 2.10 bits per heavy atom. The van der Waals surface area contributed by atoms with Gasteiger partial charge in [-0.1, -0.05) is 25.1 Å². The van der Waals surface area contributed by atoms with Crippen molar-refractivity contribution in [2.45, 2.75) is 13.3 Å². The Morgan fingerprint density at radius 3 is 2.85 bits per heavy atom. The third kappa shape index (κ3) is 1.84. The number of aryl methyl sites for hydroxylation is 1. The molecule has 0 spiro atoms. The molecule has 3 rings (SSSR count). The van der Waals surface area contributed by atoms with E-state index in [9.17, 15) is 0 Å². The minimum Gasteiger partial charge on any atom is -0.384 e. The Kier molecular flexibility index (Phi) is 2.95. The lowest BCUT2D eigenvalue weighted by Gasteiger charge is -2.14. The Labute approximate surface area is 116 Å². The number of benzene rings is 1. The number of rotatable bonds is 3. The molecule has 2 heterocycles. The molecule has 0 aliphatic carbocycles. The number of imidazole rings is 1. The van der Waals surface area contributed by atoms with Crippen molar-refractivity contribution < 1.29 is 0 Å². The van der Waals surface area contributed by atoms with E-state index >= 15 is 0 Å². The number of hydrogen-bond donors (Lipinski definition) is 2. The van der Waals surface area contributed by atoms with Crippen molar-refractivity contribution in [1.82, 2.24) is 14.5 Å². The summed E-state index contributed by atoms with van der Waals surface area (Å²) in [4.78, 5) is 8.72. The van der Waals surface area contributed by atoms with Gasteiger partial charge in [-0.3, -0.25) is 10.4 Å². The number of pyridine rings is 1. The van der Waals surface area contributed by atoms with Crippen LogP contribution in [0.1, 0.15) is 18.3 Å². The fourth-order valence-electron chi connectivity index (χ4n) is 2.38. The molecule has 3 N–H and O–H groups in total. The molecule has 2 aromatic heterocycles. The second-order valence-corrected chi connectivity index (χ2v) is 4.52. The average Bonchev–Trinajstić information content (AvgIpc) is 2.93. The zero-order valence-electron chi connectivity index (χ0n) is 11.2. The highest BCUT2D eigenvalue weighted by Crippen LogP contribution is 2.25. The first kappa shape index (κ1) is 12.3. The van der Waals surface area contributed by atoms with Crippen molar-refractivity contribution in [3.63, 3.8) is 0 Å². The predicted molar refractivity (Wildman–Crippen MR) is 79.3 cm³/mol. The number of para-hydroxylation sites is 1. The van der Waals surface area contributed by atoms with Gasteiger partial charge in [-0.15, -0.1) is 0 Å². The van der Waals surface area contributed by atoms with Gasteiger partial charge in [-0.2, -0.15) is 0 Å². The quantitative estimate of drug-likeness (QED) is 0.563. The number of nitrogens with one attached hydrogen (secondary N) is 1. The molecule has 0 saturated carbocycles. The molecule has 0 aliphatic rings. The highest BCUT2D eigenvalue weighted by molar-refractivity contribution is 6.04. The van der Waals surface area contributed by atoms with Crippen LogP contribution < -0.4 is 5.73 Å². The van der Waals surface area contributed by atoms with Crippen molar-refractivity contribution in [1.29, 1.82) is 5.41 Å². The average molecular weight is 265 g/mol. The summed E-state index contributed by atoms with van der Waals surface area (Å²) in [6.07, 6.45) is 6.12. The molecular weight excluding hydrogens is 250 g/mol. The number of nitrogens with zero attached hydrogens (tertiary/aromatic N) is 3. The molecule has 0 unspecified atom stereocenters. The molecule has 0 amide bonds. The van der Waals surface area contributed by atoms with Gasteiger partial charge in [0, 0.05) is 30.4 Å². The van der Waals surface area contributed by atoms with E-state index in [4.69, 9.17) is 11.1 Å². The second-order valence-electron chi connectivity index (χ2n) is 4.52. The van der Waals surface area contributed by atoms with E-state index < -0.39 is 0 Å². The first-order chi connectivity index (χ1) is 9.72. The monoisotopic (exact) mass is 265 g/mol. The summed E-state index contributed by atoms with van der Waals surface area (Å²) in [5, 5.41) is 8.75. The zero-order valence-corrected chi connectivity index (χ0v) is 11.2. The molecule has 0 aliphatic heterocycles. The highest BCUT2D eigenvalue weighted by atomic mass is 15.1. The molecule has 0 saturated heterocycles. The van der Waals surface area contributed by atoms with Crippen LogP contribution in [-0.4, -0.2) is 20.4 Å². The van der Waals surface area contributed by atoms with Crippen LogP contribution in [0.2, 0.25) is 0 Å². The standard InChI is InChI=1S/C15H15N5/c1-2-13-18-7-8-20(13)14-10-5-3-4-6-12(10)19-9-11(14)15(16)17/h3-9H,2H2,1H3,(H3,16,17). The summed E-state index contributed by atoms with van der Waals surface area (Å²) in [7, 11) is 0. The van der Waals surface area contributed by atoms with Crippen LogP contribution in [0.4, 0.5) is 0 Å². The molecule has 0 atom stereocenters. The van der Waals surface area contributed by atoms with E-state index in [-0.39, 0.29) is 5.84 Å². The number of aromatic nitrogens is 3. The predicted octanol–water partition coefficient (Wildman–Crippen LogP) is 2.27. The lowest BCUT2D eigenvalue weighted by molar-refractivity contribution is 0.893. The van der Waals surface area contributed by atoms with E-state index in [1.54, 1.807) is 12.4 Å². The van der Waals surface area contributed by atoms with E-state index in [1.165, 1.54) is 0 Å². The van der Waals surface area contributed by atoms with Crippen molar-refractivity contribution in [3.05, 3.63) is 54.2 Å². The van der Waals surface area contributed by atoms with Gasteiger partial charge in [0.25, 0.3) is 0 Å². The maximum Gasteiger partial charge on any atom is 0.126 e. The SMILES string of the molecule is CCc1nccn1-c1c(C(=N)N)cnc2ccccc12. The molecule has 0 bridgehead atoms. The molecule has 0 fully saturated rings. The molecule has 20 heavy (non-hydrogen) atoms. The Bertz CT molecular complexity index is 788. The molecule has 1 aromatic carbocycles. The molecule has 3 aromatic rings. The smallest absolute Gasteiger partial charge is 0.126 e. The van der Waals surface area contributed by atoms with E-state index in [0.717, 1.165) is 28.8 Å². The second kappa shape index (κ2) is 4.77. The minimum atomic E-state index is 0.00834. The molecule has 0 radical (unpaired) electrons. The summed E-state index contributed by atoms with van der Waals surface area (Å²) in [5.41, 5.74) is 8.09. The minimum absolute atomic E-state index is 0.00834. The lowest BCUT2D eigenvalue weighted by atomic mass is 10.1. The molecular formula is C15H15N5. The van der Waals surface area contributed by atoms with Crippen LogP contribution in [0.3, 0.4) is 0 Å². The number of nitrogen functional groups attached to an aromatic ring is 1. The van der Waals surface area contributed by atoms with Gasteiger partial charge >= 0.3 is 0 Å². The highest BCUT2D eigenvalue weighted by Gasteiger charge is 2.14. The fourth-order valence-corrected chi connectivity index (χ4v) is 2.38. The van der Waals surface area contributed by atoms with Crippen LogP contribution in [0.25, 0.3) is 16.6 Å². The van der Waals surface area contributed by atoms with E-state index in [0.29, 0.717) is 5.56 Å². The van der Waals surface area contributed by atoms with Crippen LogP contribution in [0.15, 0.2) is 42.9 Å². The Morgan fingerprint density at radius 1 is 1.30 bits per heavy atom. The van der Waals surface area contributed by atoms with Crippen molar-refractivity contribution in [3.8, 4) is 5.69 Å². The summed E-state index contributed by atoms with van der Waals surface area (Å²) < 4.78 is 1.99. The van der Waals surface area contributed by atoms with Gasteiger partial charge in [0.2, 0.25) is 0 Å². The van der Waals surface area contributed by atoms with E-state index in [2.05, 4.69) is 16.9 Å². The number of hydrogen-bond acceptors (Lipinski definition) is 3. The molecule has 5 nitrogen and oxygen atoms in total. The molecule has 5 heteroatoms. The third-order valence-corrected chi connectivity index (χ3v) is 3.31. The Balaban J connectivity index is 2.42. The largest absolute Gasteiger partial charge is 0.384 e. The van der Waals surface area contributed by atoms with Crippen molar-refractivity contribution >= 4 is 16.7 Å². The number of fused-ring (bicyclic) bond motifs is 1. The van der Waals surface area contributed by atoms with Crippen LogP contribution in [0, 0.1) is 5.41 Å². The first-order valence-electron chi connectivity index (χ1n) is 6.47. The number of nitrogens with two attached hydrogens (primary N) is 1. The van der Waals surface area contributed by atoms with Crippen LogP contribution >= 0.6 is 0 Å². The summed E-state index contributed by atoms with van der Waals surface area (Å²) >= 11 is 0. The lowest BCUT2D eigenvalue weighted by Crippen LogP contribution is -2.16. The van der Waals surface area contributed by atoms with Gasteiger partial charge in [0.15, 0.2) is 0 Å². The van der Waals surface area contributed by atoms with Gasteiger partial charge in [0.1, 0.15) is 11.7 Å². The summed E-state index contributed by atoms with van der Waals surface area (Å²) in [5.74, 6) is 0.942. The van der Waals surface area contributed by atoms with Gasteiger partial charge < -0.3 is 10.3 Å². The normalized spacial score (nSPS) is 10.8. The maximum atomic E-state index is 7.79. The van der Waals surface area contributed by atoms with Crippen molar-refractivity contribution in [2.24, 2.45) is 5.73 Å². The van der Waals surface area contributed by atoms with Gasteiger partial charge in [-0.25, -0.2) is 4.98 Å². The van der Waals surface area contributed by atoms with Crippen LogP contribution in [-0.2, 0) is 6.42 Å². The number of amidine groups is 1. The fraction of sp³-hybridized carbons (Fsp3) is 0.133. The first-order valence-corrected chi connectivity index (χ1v) is 6.47. The Hall–Kier alpha value is -2.69. The van der Waals surface area contributed by atoms with Crippen LogP contribution in [0.5, 0.6) is 0 Å². The summed E-state index contributed by atoms with van der Waals surface area (Å²) in [6.45, 7) is 2.05. The molecule has 100 valence electrons. The summed E-state index contributed by atoms with van der Waals surface area (Å²) in [6, 6.07) is 7.84. The van der Waals surface area contributed by atoms with E-state index in [1.807, 2.05) is 35.0 Å². The maximum absolute atomic E-state index is 7.79. The third-order valence-electron chi connectivity index (χ3n) is 3.31. The van der Waals surface area contributed by atoms with Gasteiger partial charge in [0.05, 0.1) is 16.8 Å². The zero-order chi connectivity index (χ0) is 14.1. The topological polar surface area (TPSA) is 80.6 Å². The van der Waals surface area contributed by atoms with Gasteiger partial charge in [-0.05, 0) is 6.07 Å².